The number of imidazole rings is 1. The molecule has 0 aliphatic rings. The van der Waals surface area contributed by atoms with Crippen LogP contribution in [0.1, 0.15) is 23.1 Å². The number of H-pyrrole nitrogens is 1. The molecule has 3 rings (SSSR count). The summed E-state index contributed by atoms with van der Waals surface area (Å²) in [5.74, 6) is 0.933. The number of para-hydroxylation sites is 1. The fourth-order valence-corrected chi connectivity index (χ4v) is 2.61. The minimum absolute atomic E-state index is 0.0853. The number of hydrogen-bond donors (Lipinski definition) is 2. The topological polar surface area (TPSA) is 59.6 Å². The molecule has 2 heterocycles. The van der Waals surface area contributed by atoms with Crippen molar-refractivity contribution in [3.05, 3.63) is 53.7 Å². The van der Waals surface area contributed by atoms with E-state index in [0.29, 0.717) is 0 Å². The summed E-state index contributed by atoms with van der Waals surface area (Å²) in [6, 6.07) is 8.20. The van der Waals surface area contributed by atoms with Crippen LogP contribution in [0.5, 0.6) is 0 Å². The maximum atomic E-state index is 6.29. The first kappa shape index (κ1) is 12.0. The largest absolute Gasteiger partial charge is 0.361 e. The van der Waals surface area contributed by atoms with E-state index >= 15 is 0 Å². The highest BCUT2D eigenvalue weighted by Crippen LogP contribution is 2.22. The fourth-order valence-electron chi connectivity index (χ4n) is 2.61. The maximum absolute atomic E-state index is 6.29. The average Bonchev–Trinajstić information content (AvgIpc) is 2.94. The standard InChI is InChI=1S/C15H18N4/c1-10-9-19(2)15(18-10)13(16)7-11-8-17-14-6-4-3-5-12(11)14/h3-6,8-9,13,17H,7,16H2,1-2H3. The van der Waals surface area contributed by atoms with Crippen molar-refractivity contribution in [1.29, 1.82) is 0 Å². The number of hydrogen-bond acceptors (Lipinski definition) is 2. The second-order valence-electron chi connectivity index (χ2n) is 5.02. The average molecular weight is 254 g/mol. The molecule has 0 spiro atoms. The van der Waals surface area contributed by atoms with Gasteiger partial charge in [0.25, 0.3) is 0 Å². The Morgan fingerprint density at radius 1 is 1.37 bits per heavy atom. The summed E-state index contributed by atoms with van der Waals surface area (Å²) in [6.07, 6.45) is 4.83. The molecular weight excluding hydrogens is 236 g/mol. The van der Waals surface area contributed by atoms with Crippen molar-refractivity contribution >= 4 is 10.9 Å². The number of aromatic nitrogens is 3. The minimum Gasteiger partial charge on any atom is -0.361 e. The molecule has 19 heavy (non-hydrogen) atoms. The molecule has 0 fully saturated rings. The van der Waals surface area contributed by atoms with Crippen LogP contribution in [0.2, 0.25) is 0 Å². The van der Waals surface area contributed by atoms with E-state index in [4.69, 9.17) is 5.73 Å². The molecule has 0 saturated carbocycles. The number of rotatable bonds is 3. The molecule has 1 unspecified atom stereocenters. The van der Waals surface area contributed by atoms with Gasteiger partial charge in [-0.25, -0.2) is 4.98 Å². The Bertz CT molecular complexity index is 708. The zero-order chi connectivity index (χ0) is 13.4. The number of aromatic amines is 1. The Morgan fingerprint density at radius 3 is 2.89 bits per heavy atom. The van der Waals surface area contributed by atoms with Crippen LogP contribution in [0.15, 0.2) is 36.7 Å². The molecule has 4 nitrogen and oxygen atoms in total. The lowest BCUT2D eigenvalue weighted by atomic mass is 10.1. The zero-order valence-electron chi connectivity index (χ0n) is 11.2. The third-order valence-corrected chi connectivity index (χ3v) is 3.48. The van der Waals surface area contributed by atoms with E-state index < -0.39 is 0 Å². The summed E-state index contributed by atoms with van der Waals surface area (Å²) in [6.45, 7) is 1.99. The predicted molar refractivity (Wildman–Crippen MR) is 76.9 cm³/mol. The third kappa shape index (κ3) is 2.15. The molecule has 0 radical (unpaired) electrons. The maximum Gasteiger partial charge on any atom is 0.126 e. The van der Waals surface area contributed by atoms with E-state index in [-0.39, 0.29) is 6.04 Å². The summed E-state index contributed by atoms with van der Waals surface area (Å²) in [5.41, 5.74) is 9.69. The molecule has 1 aromatic carbocycles. The summed E-state index contributed by atoms with van der Waals surface area (Å²) in [5, 5.41) is 1.24. The van der Waals surface area contributed by atoms with E-state index in [2.05, 4.69) is 28.2 Å². The van der Waals surface area contributed by atoms with Crippen LogP contribution in [-0.4, -0.2) is 14.5 Å². The molecule has 0 aliphatic carbocycles. The lowest BCUT2D eigenvalue weighted by Gasteiger charge is -2.10. The Kier molecular flexibility index (Phi) is 2.87. The molecular formula is C15H18N4. The van der Waals surface area contributed by atoms with Gasteiger partial charge in [0.05, 0.1) is 11.7 Å². The van der Waals surface area contributed by atoms with Crippen LogP contribution in [0.4, 0.5) is 0 Å². The SMILES string of the molecule is Cc1cn(C)c(C(N)Cc2c[nH]c3ccccc23)n1. The van der Waals surface area contributed by atoms with Gasteiger partial charge < -0.3 is 15.3 Å². The van der Waals surface area contributed by atoms with E-state index in [1.807, 2.05) is 37.0 Å². The summed E-state index contributed by atoms with van der Waals surface area (Å²) in [7, 11) is 1.99. The molecule has 98 valence electrons. The smallest absolute Gasteiger partial charge is 0.126 e. The van der Waals surface area contributed by atoms with Crippen LogP contribution < -0.4 is 5.73 Å². The van der Waals surface area contributed by atoms with Crippen LogP contribution in [0.3, 0.4) is 0 Å². The van der Waals surface area contributed by atoms with E-state index in [0.717, 1.165) is 23.5 Å². The predicted octanol–water partition coefficient (Wildman–Crippen LogP) is 2.45. The molecule has 0 saturated heterocycles. The number of nitrogens with one attached hydrogen (secondary N) is 1. The van der Waals surface area contributed by atoms with Crippen LogP contribution in [0, 0.1) is 6.92 Å². The van der Waals surface area contributed by atoms with Gasteiger partial charge in [-0.1, -0.05) is 18.2 Å². The van der Waals surface area contributed by atoms with Crippen LogP contribution in [-0.2, 0) is 13.5 Å². The first-order valence-electron chi connectivity index (χ1n) is 6.45. The van der Waals surface area contributed by atoms with Crippen molar-refractivity contribution in [2.45, 2.75) is 19.4 Å². The lowest BCUT2D eigenvalue weighted by Crippen LogP contribution is -2.17. The summed E-state index contributed by atoms with van der Waals surface area (Å²) in [4.78, 5) is 7.78. The number of fused-ring (bicyclic) bond motifs is 1. The van der Waals surface area contributed by atoms with Gasteiger partial charge in [-0.15, -0.1) is 0 Å². The Hall–Kier alpha value is -2.07. The fraction of sp³-hybridized carbons (Fsp3) is 0.267. The third-order valence-electron chi connectivity index (χ3n) is 3.48. The van der Waals surface area contributed by atoms with Gasteiger partial charge in [-0.3, -0.25) is 0 Å². The van der Waals surface area contributed by atoms with E-state index in [9.17, 15) is 0 Å². The van der Waals surface area contributed by atoms with Gasteiger partial charge in [0.2, 0.25) is 0 Å². The molecule has 2 aromatic heterocycles. The molecule has 0 amide bonds. The Balaban J connectivity index is 1.91. The second kappa shape index (κ2) is 4.55. The minimum atomic E-state index is -0.0853. The van der Waals surface area contributed by atoms with Gasteiger partial charge in [0.1, 0.15) is 5.82 Å². The molecule has 3 N–H and O–H groups in total. The Labute approximate surface area is 112 Å². The highest BCUT2D eigenvalue weighted by Gasteiger charge is 2.15. The normalized spacial score (nSPS) is 13.0. The number of aryl methyl sites for hydroxylation is 2. The van der Waals surface area contributed by atoms with Crippen molar-refractivity contribution in [3.8, 4) is 0 Å². The zero-order valence-corrected chi connectivity index (χ0v) is 11.2. The van der Waals surface area contributed by atoms with Gasteiger partial charge >= 0.3 is 0 Å². The number of benzene rings is 1. The first-order chi connectivity index (χ1) is 9.15. The van der Waals surface area contributed by atoms with Crippen molar-refractivity contribution in [3.63, 3.8) is 0 Å². The number of nitrogens with zero attached hydrogens (tertiary/aromatic N) is 2. The van der Waals surface area contributed by atoms with E-state index in [1.165, 1.54) is 10.9 Å². The second-order valence-corrected chi connectivity index (χ2v) is 5.02. The van der Waals surface area contributed by atoms with Crippen molar-refractivity contribution in [2.75, 3.05) is 0 Å². The molecule has 3 aromatic rings. The monoisotopic (exact) mass is 254 g/mol. The molecule has 0 bridgehead atoms. The molecule has 1 atom stereocenters. The quantitative estimate of drug-likeness (QED) is 0.754. The van der Waals surface area contributed by atoms with Crippen molar-refractivity contribution in [1.82, 2.24) is 14.5 Å². The Morgan fingerprint density at radius 2 is 2.16 bits per heavy atom. The first-order valence-corrected chi connectivity index (χ1v) is 6.45. The molecule has 0 aliphatic heterocycles. The van der Waals surface area contributed by atoms with Gasteiger partial charge in [-0.05, 0) is 25.0 Å². The van der Waals surface area contributed by atoms with Gasteiger partial charge in [0, 0.05) is 30.3 Å². The van der Waals surface area contributed by atoms with Gasteiger partial charge in [-0.2, -0.15) is 0 Å². The highest BCUT2D eigenvalue weighted by molar-refractivity contribution is 5.83. The van der Waals surface area contributed by atoms with Crippen LogP contribution in [0.25, 0.3) is 10.9 Å². The molecule has 4 heteroatoms. The lowest BCUT2D eigenvalue weighted by molar-refractivity contribution is 0.633. The van der Waals surface area contributed by atoms with E-state index in [1.54, 1.807) is 0 Å². The van der Waals surface area contributed by atoms with Crippen LogP contribution >= 0.6 is 0 Å². The van der Waals surface area contributed by atoms with Crippen molar-refractivity contribution < 1.29 is 0 Å². The highest BCUT2D eigenvalue weighted by atomic mass is 15.1. The summed E-state index contributed by atoms with van der Waals surface area (Å²) < 4.78 is 2.01. The summed E-state index contributed by atoms with van der Waals surface area (Å²) >= 11 is 0. The van der Waals surface area contributed by atoms with Gasteiger partial charge in [0.15, 0.2) is 0 Å². The number of nitrogens with two attached hydrogens (primary N) is 1. The van der Waals surface area contributed by atoms with Crippen molar-refractivity contribution in [2.24, 2.45) is 12.8 Å².